The number of hydrogen-bond acceptors (Lipinski definition) is 4. The van der Waals surface area contributed by atoms with Crippen LogP contribution in [0, 0.1) is 0 Å². The van der Waals surface area contributed by atoms with Crippen LogP contribution < -0.4 is 21.3 Å². The second kappa shape index (κ2) is 13.0. The van der Waals surface area contributed by atoms with E-state index in [1.54, 1.807) is 12.2 Å². The minimum absolute atomic E-state index is 0.0349. The standard InChI is InChI=1S/C13H22N4O3S/c1-3-6-14-12(19)16-8-5-11(18)21-10-9-17-13(20)15-7-4-2/h3-4H,1-2,5-10H2,(H2,14,16,19)(H2,15,17,20). The van der Waals surface area contributed by atoms with Crippen LogP contribution in [0.4, 0.5) is 9.59 Å². The highest BCUT2D eigenvalue weighted by atomic mass is 32.2. The molecule has 0 unspecified atom stereocenters. The lowest BCUT2D eigenvalue weighted by atomic mass is 10.5. The largest absolute Gasteiger partial charge is 0.338 e. The van der Waals surface area contributed by atoms with Crippen LogP contribution in [0.2, 0.25) is 0 Å². The van der Waals surface area contributed by atoms with Crippen molar-refractivity contribution in [3.05, 3.63) is 25.3 Å². The fraction of sp³-hybridized carbons (Fsp3) is 0.462. The third-order valence-corrected chi connectivity index (χ3v) is 3.01. The van der Waals surface area contributed by atoms with Gasteiger partial charge >= 0.3 is 12.1 Å². The normalized spacial score (nSPS) is 9.33. The van der Waals surface area contributed by atoms with Gasteiger partial charge in [0.1, 0.15) is 0 Å². The number of nitrogens with one attached hydrogen (secondary N) is 4. The number of carbonyl (C=O) groups is 3. The van der Waals surface area contributed by atoms with Crippen molar-refractivity contribution in [3.8, 4) is 0 Å². The summed E-state index contributed by atoms with van der Waals surface area (Å²) in [6, 6.07) is -0.614. The van der Waals surface area contributed by atoms with E-state index in [1.807, 2.05) is 0 Å². The van der Waals surface area contributed by atoms with E-state index in [9.17, 15) is 14.4 Å². The molecule has 0 aliphatic carbocycles. The average molecular weight is 314 g/mol. The molecule has 0 aromatic carbocycles. The third kappa shape index (κ3) is 12.8. The van der Waals surface area contributed by atoms with Crippen molar-refractivity contribution in [1.82, 2.24) is 21.3 Å². The zero-order valence-corrected chi connectivity index (χ0v) is 12.8. The smallest absolute Gasteiger partial charge is 0.315 e. The van der Waals surface area contributed by atoms with Gasteiger partial charge in [0.25, 0.3) is 0 Å². The second-order valence-electron chi connectivity index (χ2n) is 3.82. The molecule has 0 rings (SSSR count). The number of hydrogen-bond donors (Lipinski definition) is 4. The van der Waals surface area contributed by atoms with Crippen molar-refractivity contribution in [1.29, 1.82) is 0 Å². The Bertz CT molecular complexity index is 374. The van der Waals surface area contributed by atoms with Crippen LogP contribution >= 0.6 is 11.8 Å². The highest BCUT2D eigenvalue weighted by Crippen LogP contribution is 2.03. The molecule has 0 atom stereocenters. The molecule has 0 saturated heterocycles. The van der Waals surface area contributed by atoms with E-state index in [0.717, 1.165) is 11.8 Å². The Kier molecular flexibility index (Phi) is 11.8. The van der Waals surface area contributed by atoms with Crippen molar-refractivity contribution >= 4 is 28.9 Å². The zero-order valence-electron chi connectivity index (χ0n) is 11.9. The molecule has 4 amide bonds. The van der Waals surface area contributed by atoms with Crippen LogP contribution in [0.15, 0.2) is 25.3 Å². The first-order valence-electron chi connectivity index (χ1n) is 6.51. The molecule has 0 aromatic heterocycles. The number of thioether (sulfide) groups is 1. The highest BCUT2D eigenvalue weighted by molar-refractivity contribution is 8.13. The van der Waals surface area contributed by atoms with Gasteiger partial charge < -0.3 is 21.3 Å². The first-order valence-corrected chi connectivity index (χ1v) is 7.49. The molecule has 4 N–H and O–H groups in total. The lowest BCUT2D eigenvalue weighted by Gasteiger charge is -2.06. The van der Waals surface area contributed by atoms with E-state index in [1.165, 1.54) is 0 Å². The topological polar surface area (TPSA) is 99.3 Å². The first-order chi connectivity index (χ1) is 10.1. The molecular weight excluding hydrogens is 292 g/mol. The van der Waals surface area contributed by atoms with Crippen LogP contribution in [0.3, 0.4) is 0 Å². The average Bonchev–Trinajstić information content (AvgIpc) is 2.47. The Morgan fingerprint density at radius 2 is 1.38 bits per heavy atom. The van der Waals surface area contributed by atoms with Crippen LogP contribution in [0.25, 0.3) is 0 Å². The maximum Gasteiger partial charge on any atom is 0.315 e. The van der Waals surface area contributed by atoms with Crippen LogP contribution in [-0.4, -0.2) is 49.1 Å². The molecule has 0 fully saturated rings. The van der Waals surface area contributed by atoms with Gasteiger partial charge in [0.2, 0.25) is 0 Å². The fourth-order valence-electron chi connectivity index (χ4n) is 1.13. The molecular formula is C13H22N4O3S. The molecule has 21 heavy (non-hydrogen) atoms. The van der Waals surface area contributed by atoms with E-state index < -0.39 is 0 Å². The van der Waals surface area contributed by atoms with Gasteiger partial charge in [-0.05, 0) is 0 Å². The number of carbonyl (C=O) groups excluding carboxylic acids is 3. The molecule has 0 aliphatic rings. The Morgan fingerprint density at radius 3 is 1.90 bits per heavy atom. The van der Waals surface area contributed by atoms with Gasteiger partial charge in [-0.2, -0.15) is 0 Å². The minimum atomic E-state index is -0.326. The Morgan fingerprint density at radius 1 is 0.857 bits per heavy atom. The van der Waals surface area contributed by atoms with Gasteiger partial charge in [-0.1, -0.05) is 23.9 Å². The van der Waals surface area contributed by atoms with Crippen LogP contribution in [0.5, 0.6) is 0 Å². The molecule has 0 spiro atoms. The Hall–Kier alpha value is -1.96. The van der Waals surface area contributed by atoms with Gasteiger partial charge in [0, 0.05) is 38.4 Å². The molecule has 0 radical (unpaired) electrons. The van der Waals surface area contributed by atoms with Crippen molar-refractivity contribution < 1.29 is 14.4 Å². The van der Waals surface area contributed by atoms with Gasteiger partial charge in [-0.15, -0.1) is 13.2 Å². The van der Waals surface area contributed by atoms with Crippen molar-refractivity contribution in [2.24, 2.45) is 0 Å². The van der Waals surface area contributed by atoms with Crippen molar-refractivity contribution in [2.75, 3.05) is 31.9 Å². The molecule has 7 nitrogen and oxygen atoms in total. The maximum absolute atomic E-state index is 11.5. The summed E-state index contributed by atoms with van der Waals surface area (Å²) in [6.07, 6.45) is 3.39. The lowest BCUT2D eigenvalue weighted by molar-refractivity contribution is -0.110. The first kappa shape index (κ1) is 19.0. The van der Waals surface area contributed by atoms with Crippen LogP contribution in [-0.2, 0) is 4.79 Å². The van der Waals surface area contributed by atoms with E-state index in [0.29, 0.717) is 25.4 Å². The predicted molar refractivity (Wildman–Crippen MR) is 85.3 cm³/mol. The van der Waals surface area contributed by atoms with E-state index >= 15 is 0 Å². The number of urea groups is 2. The van der Waals surface area contributed by atoms with Crippen molar-refractivity contribution in [2.45, 2.75) is 6.42 Å². The molecule has 8 heteroatoms. The van der Waals surface area contributed by atoms with E-state index in [-0.39, 0.29) is 30.1 Å². The molecule has 0 aromatic rings. The lowest BCUT2D eigenvalue weighted by Crippen LogP contribution is -2.37. The summed E-state index contributed by atoms with van der Waals surface area (Å²) in [7, 11) is 0. The summed E-state index contributed by atoms with van der Waals surface area (Å²) < 4.78 is 0. The summed E-state index contributed by atoms with van der Waals surface area (Å²) in [6.45, 7) is 8.41. The summed E-state index contributed by atoms with van der Waals surface area (Å²) in [5, 5.41) is 10.2. The summed E-state index contributed by atoms with van der Waals surface area (Å²) in [5.41, 5.74) is 0. The molecule has 0 bridgehead atoms. The van der Waals surface area contributed by atoms with Crippen LogP contribution in [0.1, 0.15) is 6.42 Å². The minimum Gasteiger partial charge on any atom is -0.338 e. The van der Waals surface area contributed by atoms with Gasteiger partial charge in [0.15, 0.2) is 5.12 Å². The van der Waals surface area contributed by atoms with Crippen molar-refractivity contribution in [3.63, 3.8) is 0 Å². The predicted octanol–water partition coefficient (Wildman–Crippen LogP) is 0.607. The van der Waals surface area contributed by atoms with Gasteiger partial charge in [0.05, 0.1) is 0 Å². The molecule has 0 heterocycles. The second-order valence-corrected chi connectivity index (χ2v) is 4.97. The van der Waals surface area contributed by atoms with Gasteiger partial charge in [-0.3, -0.25) is 4.79 Å². The molecule has 0 aliphatic heterocycles. The van der Waals surface area contributed by atoms with E-state index in [4.69, 9.17) is 0 Å². The quantitative estimate of drug-likeness (QED) is 0.351. The molecule has 0 saturated carbocycles. The van der Waals surface area contributed by atoms with Gasteiger partial charge in [-0.25, -0.2) is 9.59 Å². The highest BCUT2D eigenvalue weighted by Gasteiger charge is 2.05. The summed E-state index contributed by atoms with van der Waals surface area (Å²) in [5.74, 6) is 0.489. The summed E-state index contributed by atoms with van der Waals surface area (Å²) in [4.78, 5) is 33.8. The SMILES string of the molecule is C=CCNC(=O)NCCSC(=O)CCNC(=O)NCC=C. The monoisotopic (exact) mass is 314 g/mol. The fourth-order valence-corrected chi connectivity index (χ4v) is 1.81. The Labute approximate surface area is 129 Å². The molecule has 118 valence electrons. The zero-order chi connectivity index (χ0) is 15.9. The third-order valence-electron chi connectivity index (χ3n) is 2.08. The maximum atomic E-state index is 11.5. The van der Waals surface area contributed by atoms with E-state index in [2.05, 4.69) is 34.4 Å². The number of rotatable bonds is 10. The number of amides is 4. The summed E-state index contributed by atoms with van der Waals surface area (Å²) >= 11 is 1.12. The Balaban J connectivity index is 3.50.